The zero-order chi connectivity index (χ0) is 32.5. The Bertz CT molecular complexity index is 1920. The number of hydrogen-bond acceptors (Lipinski definition) is 12. The van der Waals surface area contributed by atoms with Gasteiger partial charge in [-0.3, -0.25) is 20.2 Å². The molecule has 6 rings (SSSR count). The third kappa shape index (κ3) is 5.61. The van der Waals surface area contributed by atoms with Crippen molar-refractivity contribution >= 4 is 33.8 Å². The van der Waals surface area contributed by atoms with Crippen LogP contribution in [0.15, 0.2) is 94.0 Å². The minimum atomic E-state index is -0.862. The van der Waals surface area contributed by atoms with Gasteiger partial charge in [0.05, 0.1) is 21.9 Å². The summed E-state index contributed by atoms with van der Waals surface area (Å²) in [5.41, 5.74) is 1.36. The second kappa shape index (κ2) is 11.9. The van der Waals surface area contributed by atoms with Gasteiger partial charge in [0.25, 0.3) is 11.4 Å². The average Bonchev–Trinajstić information content (AvgIpc) is 3.67. The second-order valence-corrected chi connectivity index (χ2v) is 10.6. The number of nitrogens with one attached hydrogen (secondary N) is 2. The molecule has 14 heteroatoms. The van der Waals surface area contributed by atoms with Crippen molar-refractivity contribution in [1.29, 1.82) is 0 Å². The van der Waals surface area contributed by atoms with Crippen molar-refractivity contribution in [2.75, 3.05) is 10.6 Å². The van der Waals surface area contributed by atoms with Gasteiger partial charge in [-0.1, -0.05) is 34.6 Å². The van der Waals surface area contributed by atoms with Gasteiger partial charge in [-0.2, -0.15) is 0 Å². The minimum Gasteiger partial charge on any atom is -0.504 e. The van der Waals surface area contributed by atoms with Gasteiger partial charge in [0, 0.05) is 47.5 Å². The van der Waals surface area contributed by atoms with Gasteiger partial charge in [-0.25, -0.2) is 0 Å². The van der Waals surface area contributed by atoms with E-state index in [1.54, 1.807) is 74.5 Å². The summed E-state index contributed by atoms with van der Waals surface area (Å²) in [6.07, 6.45) is 0. The normalized spacial score (nSPS) is 12.5. The predicted molar refractivity (Wildman–Crippen MR) is 167 cm³/mol. The molecule has 0 aliphatic rings. The summed E-state index contributed by atoms with van der Waals surface area (Å²) in [4.78, 5) is 21.7. The fraction of sp³-hybridized carbons (Fsp3) is 0.125. The van der Waals surface area contributed by atoms with E-state index in [4.69, 9.17) is 9.05 Å². The van der Waals surface area contributed by atoms with E-state index < -0.39 is 33.4 Å². The number of nitro groups is 2. The number of phenols is 2. The van der Waals surface area contributed by atoms with E-state index in [1.807, 2.05) is 0 Å². The van der Waals surface area contributed by atoms with Crippen LogP contribution in [0, 0.1) is 34.1 Å². The highest BCUT2D eigenvalue weighted by Gasteiger charge is 2.31. The molecule has 2 aromatic heterocycles. The maximum absolute atomic E-state index is 11.8. The predicted octanol–water partition coefficient (Wildman–Crippen LogP) is 7.06. The SMILES string of the molecule is Cc1cc(N[C@H](c2ccc([N+](=O)[O-])cc2)c2c(O)c(O)c([C@H](Nc3cc(C)on3)c3ccc([N+](=O)[O-])cc3)c3ccccc23)no1. The molecule has 0 saturated carbocycles. The summed E-state index contributed by atoms with van der Waals surface area (Å²) in [6, 6.07) is 20.3. The monoisotopic (exact) mass is 622 g/mol. The number of nitrogens with zero attached hydrogens (tertiary/aromatic N) is 4. The van der Waals surface area contributed by atoms with Crippen LogP contribution < -0.4 is 10.6 Å². The number of phenolic OH excluding ortho intramolecular Hbond substituents is 2. The van der Waals surface area contributed by atoms with E-state index in [0.717, 1.165) is 0 Å². The zero-order valence-electron chi connectivity index (χ0n) is 24.4. The van der Waals surface area contributed by atoms with Gasteiger partial charge < -0.3 is 29.9 Å². The first kappa shape index (κ1) is 29.6. The van der Waals surface area contributed by atoms with E-state index in [2.05, 4.69) is 20.9 Å². The fourth-order valence-corrected chi connectivity index (χ4v) is 5.43. The Hall–Kier alpha value is -6.44. The number of benzene rings is 4. The first-order chi connectivity index (χ1) is 22.1. The van der Waals surface area contributed by atoms with Gasteiger partial charge in [-0.15, -0.1) is 0 Å². The lowest BCUT2D eigenvalue weighted by Gasteiger charge is -2.27. The Kier molecular flexibility index (Phi) is 7.68. The smallest absolute Gasteiger partial charge is 0.269 e. The molecule has 0 spiro atoms. The number of aryl methyl sites for hydroxylation is 2. The van der Waals surface area contributed by atoms with Crippen LogP contribution in [-0.2, 0) is 0 Å². The molecule has 0 fully saturated rings. The molecule has 2 heterocycles. The van der Waals surface area contributed by atoms with Crippen molar-refractivity contribution < 1.29 is 29.1 Å². The number of aromatic nitrogens is 2. The summed E-state index contributed by atoms with van der Waals surface area (Å²) in [5.74, 6) is 0.791. The fourth-order valence-electron chi connectivity index (χ4n) is 5.43. The Balaban J connectivity index is 1.57. The highest BCUT2D eigenvalue weighted by atomic mass is 16.6. The van der Waals surface area contributed by atoms with Crippen LogP contribution in [0.25, 0.3) is 10.8 Å². The molecule has 14 nitrogen and oxygen atoms in total. The number of aromatic hydroxyl groups is 2. The standard InChI is InChI=1S/C32H26N6O8/c1-17-15-25(35-45-17)33-29(19-7-11-21(12-8-19)37(41)42)27-23-5-3-4-6-24(23)28(32(40)31(27)39)30(34-26-16-18(2)46-36-26)20-9-13-22(14-10-20)38(43)44/h3-16,29-30,39-40H,1-2H3,(H,33,35)(H,34,36)/t29-,30-/m1/s1. The molecule has 0 aliphatic heterocycles. The molecule has 0 unspecified atom stereocenters. The Morgan fingerprint density at radius 3 is 1.33 bits per heavy atom. The number of rotatable bonds is 10. The molecule has 0 aliphatic carbocycles. The van der Waals surface area contributed by atoms with E-state index in [9.17, 15) is 30.4 Å². The Morgan fingerprint density at radius 2 is 1.02 bits per heavy atom. The number of non-ortho nitro benzene ring substituents is 2. The van der Waals surface area contributed by atoms with Crippen molar-refractivity contribution in [3.8, 4) is 11.5 Å². The quantitative estimate of drug-likeness (QED) is 0.0688. The van der Waals surface area contributed by atoms with Gasteiger partial charge >= 0.3 is 0 Å². The lowest BCUT2D eigenvalue weighted by molar-refractivity contribution is -0.385. The highest BCUT2D eigenvalue weighted by molar-refractivity contribution is 5.95. The van der Waals surface area contributed by atoms with E-state index in [1.165, 1.54) is 24.3 Å². The van der Waals surface area contributed by atoms with Gasteiger partial charge in [0.1, 0.15) is 11.5 Å². The molecule has 46 heavy (non-hydrogen) atoms. The van der Waals surface area contributed by atoms with E-state index in [0.29, 0.717) is 45.1 Å². The lowest BCUT2D eigenvalue weighted by Crippen LogP contribution is -2.17. The van der Waals surface area contributed by atoms with Crippen molar-refractivity contribution in [3.63, 3.8) is 0 Å². The second-order valence-electron chi connectivity index (χ2n) is 10.6. The number of anilines is 2. The van der Waals surface area contributed by atoms with E-state index >= 15 is 0 Å². The van der Waals surface area contributed by atoms with Crippen molar-refractivity contribution in [1.82, 2.24) is 10.3 Å². The molecule has 6 aromatic rings. The summed E-state index contributed by atoms with van der Waals surface area (Å²) in [6.45, 7) is 3.43. The highest BCUT2D eigenvalue weighted by Crippen LogP contribution is 2.49. The molecule has 4 N–H and O–H groups in total. The molecule has 4 aromatic carbocycles. The summed E-state index contributed by atoms with van der Waals surface area (Å²) >= 11 is 0. The lowest BCUT2D eigenvalue weighted by atomic mass is 9.86. The maximum atomic E-state index is 11.8. The summed E-state index contributed by atoms with van der Waals surface area (Å²) in [5, 5.41) is 62.0. The third-order valence-electron chi connectivity index (χ3n) is 7.53. The van der Waals surface area contributed by atoms with Crippen LogP contribution in [0.5, 0.6) is 11.5 Å². The number of fused-ring (bicyclic) bond motifs is 1. The first-order valence-electron chi connectivity index (χ1n) is 14.0. The number of hydrogen-bond donors (Lipinski definition) is 4. The van der Waals surface area contributed by atoms with E-state index in [-0.39, 0.29) is 22.5 Å². The summed E-state index contributed by atoms with van der Waals surface area (Å²) in [7, 11) is 0. The molecular weight excluding hydrogens is 596 g/mol. The number of nitro benzene ring substituents is 2. The maximum Gasteiger partial charge on any atom is 0.269 e. The molecule has 0 radical (unpaired) electrons. The molecular formula is C32H26N6O8. The van der Waals surface area contributed by atoms with Crippen LogP contribution in [0.2, 0.25) is 0 Å². The molecule has 2 atom stereocenters. The molecule has 0 saturated heterocycles. The van der Waals surface area contributed by atoms with Crippen LogP contribution in [0.3, 0.4) is 0 Å². The topological polar surface area (TPSA) is 203 Å². The summed E-state index contributed by atoms with van der Waals surface area (Å²) < 4.78 is 10.5. The third-order valence-corrected chi connectivity index (χ3v) is 7.53. The molecule has 0 amide bonds. The largest absolute Gasteiger partial charge is 0.504 e. The van der Waals surface area contributed by atoms with Crippen LogP contribution in [0.1, 0.15) is 45.9 Å². The Labute approximate surface area is 260 Å². The minimum absolute atomic E-state index is 0.118. The van der Waals surface area contributed by atoms with Crippen molar-refractivity contribution in [2.45, 2.75) is 25.9 Å². The zero-order valence-corrected chi connectivity index (χ0v) is 24.4. The average molecular weight is 623 g/mol. The van der Waals surface area contributed by atoms with Crippen LogP contribution in [-0.4, -0.2) is 30.4 Å². The molecule has 0 bridgehead atoms. The van der Waals surface area contributed by atoms with Crippen LogP contribution >= 0.6 is 0 Å². The van der Waals surface area contributed by atoms with Crippen molar-refractivity contribution in [3.05, 3.63) is 139 Å². The van der Waals surface area contributed by atoms with Crippen LogP contribution in [0.4, 0.5) is 23.0 Å². The Morgan fingerprint density at radius 1 is 0.652 bits per heavy atom. The molecule has 232 valence electrons. The van der Waals surface area contributed by atoms with Gasteiger partial charge in [0.2, 0.25) is 0 Å². The van der Waals surface area contributed by atoms with Crippen molar-refractivity contribution in [2.24, 2.45) is 0 Å². The van der Waals surface area contributed by atoms with Gasteiger partial charge in [-0.05, 0) is 60.0 Å². The van der Waals surface area contributed by atoms with Gasteiger partial charge in [0.15, 0.2) is 23.1 Å². The first-order valence-corrected chi connectivity index (χ1v) is 14.0.